The molecule has 0 fully saturated rings. The molecule has 1 heterocycles. The van der Waals surface area contributed by atoms with E-state index in [9.17, 15) is 9.59 Å². The number of esters is 1. The molecular formula is C31H41N3O5. The summed E-state index contributed by atoms with van der Waals surface area (Å²) < 4.78 is 18.6. The maximum Gasteiger partial charge on any atom is 0.407 e. The van der Waals surface area contributed by atoms with Crippen molar-refractivity contribution >= 4 is 12.1 Å². The van der Waals surface area contributed by atoms with Gasteiger partial charge in [0.1, 0.15) is 18.0 Å². The van der Waals surface area contributed by atoms with Gasteiger partial charge in [-0.05, 0) is 84.2 Å². The van der Waals surface area contributed by atoms with Gasteiger partial charge in [-0.2, -0.15) is 5.10 Å². The Kier molecular flexibility index (Phi) is 10.2. The summed E-state index contributed by atoms with van der Waals surface area (Å²) in [4.78, 5) is 24.3. The first kappa shape index (κ1) is 29.7. The minimum absolute atomic E-state index is 0.219. The van der Waals surface area contributed by atoms with Crippen LogP contribution in [0.25, 0.3) is 11.3 Å². The molecule has 0 spiro atoms. The molecule has 1 N–H and O–H groups in total. The number of nitrogens with one attached hydrogen (secondary N) is 1. The molecule has 39 heavy (non-hydrogen) atoms. The molecule has 0 atom stereocenters. The molecule has 0 saturated carbocycles. The van der Waals surface area contributed by atoms with Gasteiger partial charge in [0.05, 0.1) is 18.3 Å². The summed E-state index contributed by atoms with van der Waals surface area (Å²) in [7, 11) is 0. The third-order valence-electron chi connectivity index (χ3n) is 5.86. The fraction of sp³-hybridized carbons (Fsp3) is 0.452. The third kappa shape index (κ3) is 9.78. The number of carbonyl (C=O) groups excluding carboxylic acids is 2. The predicted octanol–water partition coefficient (Wildman–Crippen LogP) is 6.15. The molecule has 1 amide bonds. The van der Waals surface area contributed by atoms with Crippen LogP contribution in [0.2, 0.25) is 0 Å². The van der Waals surface area contributed by atoms with E-state index in [0.717, 1.165) is 28.1 Å². The lowest BCUT2D eigenvalue weighted by Crippen LogP contribution is -2.27. The van der Waals surface area contributed by atoms with Crippen molar-refractivity contribution in [2.75, 3.05) is 6.61 Å². The number of benzene rings is 2. The minimum atomic E-state index is -0.534. The van der Waals surface area contributed by atoms with Crippen LogP contribution in [0.3, 0.4) is 0 Å². The Morgan fingerprint density at radius 1 is 1.00 bits per heavy atom. The van der Waals surface area contributed by atoms with Crippen LogP contribution < -0.4 is 10.1 Å². The number of ether oxygens (including phenoxy) is 3. The van der Waals surface area contributed by atoms with Crippen LogP contribution in [-0.4, -0.2) is 40.2 Å². The first-order chi connectivity index (χ1) is 18.4. The summed E-state index contributed by atoms with van der Waals surface area (Å²) in [6.45, 7) is 14.5. The maximum absolute atomic E-state index is 12.3. The number of hydrogen-bond acceptors (Lipinski definition) is 6. The monoisotopic (exact) mass is 535 g/mol. The van der Waals surface area contributed by atoms with Gasteiger partial charge in [0.15, 0.2) is 0 Å². The fourth-order valence-electron chi connectivity index (χ4n) is 4.00. The van der Waals surface area contributed by atoms with Crippen molar-refractivity contribution in [3.63, 3.8) is 0 Å². The first-order valence-corrected chi connectivity index (χ1v) is 13.4. The van der Waals surface area contributed by atoms with Gasteiger partial charge in [0.25, 0.3) is 0 Å². The molecule has 210 valence electrons. The van der Waals surface area contributed by atoms with Crippen molar-refractivity contribution in [2.45, 2.75) is 86.1 Å². The van der Waals surface area contributed by atoms with E-state index in [0.29, 0.717) is 25.3 Å². The lowest BCUT2D eigenvalue weighted by molar-refractivity contribution is -0.154. The molecule has 0 aliphatic rings. The average molecular weight is 536 g/mol. The lowest BCUT2D eigenvalue weighted by Gasteiger charge is -2.20. The highest BCUT2D eigenvalue weighted by Crippen LogP contribution is 2.22. The second kappa shape index (κ2) is 13.3. The van der Waals surface area contributed by atoms with Crippen LogP contribution in [0, 0.1) is 13.8 Å². The molecule has 0 aliphatic carbocycles. The van der Waals surface area contributed by atoms with Crippen molar-refractivity contribution < 1.29 is 23.8 Å². The normalized spacial score (nSPS) is 11.4. The van der Waals surface area contributed by atoms with Crippen LogP contribution in [0.15, 0.2) is 48.5 Å². The van der Waals surface area contributed by atoms with Gasteiger partial charge in [-0.25, -0.2) is 4.79 Å². The van der Waals surface area contributed by atoms with Gasteiger partial charge in [-0.15, -0.1) is 0 Å². The maximum atomic E-state index is 12.3. The molecule has 0 aliphatic heterocycles. The first-order valence-electron chi connectivity index (χ1n) is 13.4. The van der Waals surface area contributed by atoms with Crippen molar-refractivity contribution in [1.29, 1.82) is 0 Å². The zero-order chi connectivity index (χ0) is 28.6. The number of nitrogens with zero attached hydrogens (tertiary/aromatic N) is 2. The van der Waals surface area contributed by atoms with Gasteiger partial charge < -0.3 is 19.5 Å². The summed E-state index contributed by atoms with van der Waals surface area (Å²) >= 11 is 0. The SMILES string of the molecule is Cc1ccc(-c2cc(C)n(CCOc3ccc(CCC(=O)OC(C)(C)C)c(CNC(=O)OC(C)C)c3)n2)cc1. The number of amides is 1. The number of alkyl carbamates (subject to hydrolysis) is 1. The second-order valence-electron chi connectivity index (χ2n) is 10.9. The van der Waals surface area contributed by atoms with E-state index in [1.54, 1.807) is 13.8 Å². The van der Waals surface area contributed by atoms with Gasteiger partial charge in [-0.1, -0.05) is 35.9 Å². The molecule has 0 saturated heterocycles. The van der Waals surface area contributed by atoms with Gasteiger partial charge >= 0.3 is 12.1 Å². The highest BCUT2D eigenvalue weighted by Gasteiger charge is 2.17. The average Bonchev–Trinajstić information content (AvgIpc) is 3.21. The number of rotatable bonds is 11. The summed E-state index contributed by atoms with van der Waals surface area (Å²) in [5, 5.41) is 7.53. The van der Waals surface area contributed by atoms with Crippen LogP contribution in [0.4, 0.5) is 4.79 Å². The minimum Gasteiger partial charge on any atom is -0.492 e. The molecule has 0 unspecified atom stereocenters. The van der Waals surface area contributed by atoms with Crippen LogP contribution in [0.1, 0.15) is 63.4 Å². The van der Waals surface area contributed by atoms with E-state index < -0.39 is 11.7 Å². The summed E-state index contributed by atoms with van der Waals surface area (Å²) in [5.74, 6) is 0.411. The highest BCUT2D eigenvalue weighted by atomic mass is 16.6. The molecule has 3 aromatic rings. The van der Waals surface area contributed by atoms with Crippen LogP contribution in [-0.2, 0) is 33.8 Å². The molecule has 8 nitrogen and oxygen atoms in total. The Labute approximate surface area is 231 Å². The summed E-state index contributed by atoms with van der Waals surface area (Å²) in [6.07, 6.45) is 0.0132. The van der Waals surface area contributed by atoms with E-state index >= 15 is 0 Å². The Bertz CT molecular complexity index is 1260. The zero-order valence-corrected chi connectivity index (χ0v) is 24.2. The van der Waals surface area contributed by atoms with Crippen molar-refractivity contribution in [2.24, 2.45) is 0 Å². The van der Waals surface area contributed by atoms with E-state index in [4.69, 9.17) is 19.3 Å². The summed E-state index contributed by atoms with van der Waals surface area (Å²) in [5.41, 5.74) is 5.54. The summed E-state index contributed by atoms with van der Waals surface area (Å²) in [6, 6.07) is 16.1. The van der Waals surface area contributed by atoms with Gasteiger partial charge in [-0.3, -0.25) is 9.48 Å². The van der Waals surface area contributed by atoms with Crippen molar-refractivity contribution in [1.82, 2.24) is 15.1 Å². The van der Waals surface area contributed by atoms with E-state index in [1.807, 2.05) is 50.6 Å². The largest absolute Gasteiger partial charge is 0.492 e. The van der Waals surface area contributed by atoms with Crippen molar-refractivity contribution in [3.8, 4) is 17.0 Å². The van der Waals surface area contributed by atoms with E-state index in [2.05, 4.69) is 42.6 Å². The Morgan fingerprint density at radius 3 is 2.38 bits per heavy atom. The second-order valence-corrected chi connectivity index (χ2v) is 10.9. The van der Waals surface area contributed by atoms with Gasteiger partial charge in [0.2, 0.25) is 0 Å². The fourth-order valence-corrected chi connectivity index (χ4v) is 4.00. The zero-order valence-electron chi connectivity index (χ0n) is 24.2. The van der Waals surface area contributed by atoms with E-state index in [-0.39, 0.29) is 25.0 Å². The smallest absolute Gasteiger partial charge is 0.407 e. The Balaban J connectivity index is 1.65. The number of carbonyl (C=O) groups is 2. The van der Waals surface area contributed by atoms with Gasteiger partial charge in [0, 0.05) is 24.2 Å². The number of aromatic nitrogens is 2. The van der Waals surface area contributed by atoms with E-state index in [1.165, 1.54) is 5.56 Å². The standard InChI is InChI=1S/C31H41N3O5/c1-21(2)38-30(36)32-20-26-19-27(14-12-24(26)13-15-29(35)39-31(5,6)7)37-17-16-34-23(4)18-28(33-34)25-10-8-22(3)9-11-25/h8-12,14,18-19,21H,13,15-17,20H2,1-7H3,(H,32,36). The molecule has 0 bridgehead atoms. The highest BCUT2D eigenvalue weighted by molar-refractivity contribution is 5.70. The topological polar surface area (TPSA) is 91.7 Å². The lowest BCUT2D eigenvalue weighted by atomic mass is 10.0. The molecule has 1 aromatic heterocycles. The third-order valence-corrected chi connectivity index (χ3v) is 5.86. The molecule has 0 radical (unpaired) electrons. The Morgan fingerprint density at radius 2 is 1.72 bits per heavy atom. The quantitative estimate of drug-likeness (QED) is 0.296. The number of hydrogen-bond donors (Lipinski definition) is 1. The molecule has 8 heteroatoms. The molecule has 3 rings (SSSR count). The van der Waals surface area contributed by atoms with Crippen LogP contribution >= 0.6 is 0 Å². The van der Waals surface area contributed by atoms with Crippen LogP contribution in [0.5, 0.6) is 5.75 Å². The predicted molar refractivity (Wildman–Crippen MR) is 152 cm³/mol. The number of aryl methyl sites for hydroxylation is 3. The van der Waals surface area contributed by atoms with Crippen molar-refractivity contribution in [3.05, 3.63) is 70.9 Å². The Hall–Kier alpha value is -3.81. The molecule has 2 aromatic carbocycles. The molecular weight excluding hydrogens is 494 g/mol.